The molecule has 0 radical (unpaired) electrons. The minimum Gasteiger partial charge on any atom is -0.504 e. The molecular formula is C27H31N3O3. The minimum absolute atomic E-state index is 0.196. The fourth-order valence-electron chi connectivity index (χ4n) is 6.70. The van der Waals surface area contributed by atoms with E-state index in [9.17, 15) is 10.2 Å². The lowest BCUT2D eigenvalue weighted by Gasteiger charge is -2.57. The van der Waals surface area contributed by atoms with Gasteiger partial charge in [0.15, 0.2) is 11.5 Å². The number of phenolic OH excluding ortho intramolecular Hbond substituents is 1. The number of nitrogens with one attached hydrogen (secondary N) is 1. The first kappa shape index (κ1) is 20.8. The van der Waals surface area contributed by atoms with E-state index >= 15 is 0 Å². The molecule has 0 amide bonds. The van der Waals surface area contributed by atoms with Crippen LogP contribution in [0.2, 0.25) is 0 Å². The number of benzene rings is 2. The Labute approximate surface area is 194 Å². The first-order chi connectivity index (χ1) is 16.1. The normalized spacial score (nSPS) is 31.8. The van der Waals surface area contributed by atoms with Crippen molar-refractivity contribution in [2.24, 2.45) is 10.9 Å². The average Bonchev–Trinajstić information content (AvgIpc) is 3.17. The molecule has 2 aromatic carbocycles. The van der Waals surface area contributed by atoms with Gasteiger partial charge >= 0.3 is 0 Å². The molecule has 6 heteroatoms. The fraction of sp³-hybridized carbons (Fsp3) is 0.444. The van der Waals surface area contributed by atoms with Crippen LogP contribution in [0.4, 0.5) is 5.69 Å². The predicted molar refractivity (Wildman–Crippen MR) is 129 cm³/mol. The molecule has 3 N–H and O–H groups in total. The van der Waals surface area contributed by atoms with Crippen LogP contribution in [0.25, 0.3) is 0 Å². The molecule has 2 bridgehead atoms. The molecule has 1 unspecified atom stereocenters. The number of para-hydroxylation sites is 1. The van der Waals surface area contributed by atoms with E-state index in [0.717, 1.165) is 56.0 Å². The monoisotopic (exact) mass is 445 g/mol. The molecule has 2 heterocycles. The molecule has 1 saturated heterocycles. The van der Waals surface area contributed by atoms with Crippen molar-refractivity contribution in [3.63, 3.8) is 0 Å². The van der Waals surface area contributed by atoms with Gasteiger partial charge in [-0.05, 0) is 56.5 Å². The van der Waals surface area contributed by atoms with Crippen LogP contribution in [0.3, 0.4) is 0 Å². The van der Waals surface area contributed by atoms with E-state index in [4.69, 9.17) is 9.73 Å². The van der Waals surface area contributed by atoms with Crippen LogP contribution in [0.1, 0.15) is 30.9 Å². The summed E-state index contributed by atoms with van der Waals surface area (Å²) in [5.74, 6) is 2.03. The Bertz CT molecular complexity index is 1120. The van der Waals surface area contributed by atoms with Crippen LogP contribution in [0.5, 0.6) is 11.5 Å². The summed E-state index contributed by atoms with van der Waals surface area (Å²) in [6, 6.07) is 14.3. The zero-order valence-corrected chi connectivity index (χ0v) is 18.9. The average molecular weight is 446 g/mol. The minimum atomic E-state index is -0.638. The number of aliphatic hydroxyl groups is 1. The summed E-state index contributed by atoms with van der Waals surface area (Å²) in [4.78, 5) is 7.33. The number of amidine groups is 1. The number of aromatic hydroxyl groups is 1. The van der Waals surface area contributed by atoms with Gasteiger partial charge in [-0.2, -0.15) is 0 Å². The summed E-state index contributed by atoms with van der Waals surface area (Å²) in [7, 11) is 0. The van der Waals surface area contributed by atoms with Crippen molar-refractivity contribution >= 4 is 11.5 Å². The zero-order valence-electron chi connectivity index (χ0n) is 18.9. The van der Waals surface area contributed by atoms with E-state index < -0.39 is 6.10 Å². The zero-order chi connectivity index (χ0) is 22.6. The van der Waals surface area contributed by atoms with Gasteiger partial charge in [-0.15, -0.1) is 0 Å². The van der Waals surface area contributed by atoms with Gasteiger partial charge in [0.2, 0.25) is 0 Å². The highest BCUT2D eigenvalue weighted by Gasteiger charge is 2.64. The van der Waals surface area contributed by atoms with Gasteiger partial charge in [0.1, 0.15) is 12.2 Å². The van der Waals surface area contributed by atoms with Gasteiger partial charge in [0.05, 0.1) is 5.84 Å². The first-order valence-electron chi connectivity index (χ1n) is 12.0. The third kappa shape index (κ3) is 3.19. The number of hydrogen-bond donors (Lipinski definition) is 3. The summed E-state index contributed by atoms with van der Waals surface area (Å²) in [6.45, 7) is 4.78. The molecule has 4 aliphatic rings. The topological polar surface area (TPSA) is 77.3 Å². The van der Waals surface area contributed by atoms with Gasteiger partial charge in [-0.1, -0.05) is 36.4 Å². The fourth-order valence-corrected chi connectivity index (χ4v) is 6.70. The van der Waals surface area contributed by atoms with Crippen molar-refractivity contribution in [1.82, 2.24) is 4.90 Å². The van der Waals surface area contributed by atoms with Gasteiger partial charge < -0.3 is 20.3 Å². The standard InChI is InChI=1S/C27H31N3O3/c1-17(29-19-6-3-2-4-7-19)28-13-5-14-30-15-12-27-20-9-11-23(32)26(27)33-25-22(31)10-8-18(24(25)27)16-21(20)30/h2-4,6-11,20-21,23,26,31-32H,5,12-16H2,1H3,(H,28,29)/t20?,21-,23+,26+,27+/m1/s1. The van der Waals surface area contributed by atoms with Gasteiger partial charge in [-0.3, -0.25) is 9.89 Å². The Morgan fingerprint density at radius 2 is 2.06 bits per heavy atom. The van der Waals surface area contributed by atoms with E-state index in [1.54, 1.807) is 6.07 Å². The van der Waals surface area contributed by atoms with Crippen molar-refractivity contribution in [3.05, 3.63) is 65.7 Å². The quantitative estimate of drug-likeness (QED) is 0.284. The third-order valence-electron chi connectivity index (χ3n) is 8.04. The number of aliphatic imine (C=N–C) groups is 1. The van der Waals surface area contributed by atoms with Crippen LogP contribution in [0, 0.1) is 5.92 Å². The maximum absolute atomic E-state index is 10.8. The lowest BCUT2D eigenvalue weighted by Crippen LogP contribution is -2.65. The second kappa shape index (κ2) is 7.89. The Hall–Kier alpha value is -2.83. The summed E-state index contributed by atoms with van der Waals surface area (Å²) in [6.07, 6.45) is 6.06. The Morgan fingerprint density at radius 1 is 1.21 bits per heavy atom. The van der Waals surface area contributed by atoms with E-state index in [-0.39, 0.29) is 17.3 Å². The Morgan fingerprint density at radius 3 is 2.91 bits per heavy atom. The van der Waals surface area contributed by atoms with Crippen molar-refractivity contribution in [2.75, 3.05) is 25.0 Å². The largest absolute Gasteiger partial charge is 0.504 e. The van der Waals surface area contributed by atoms with Gasteiger partial charge in [-0.25, -0.2) is 0 Å². The van der Waals surface area contributed by atoms with Crippen LogP contribution in [-0.2, 0) is 11.8 Å². The highest BCUT2D eigenvalue weighted by atomic mass is 16.5. The molecule has 1 spiro atoms. The maximum atomic E-state index is 10.8. The van der Waals surface area contributed by atoms with Crippen LogP contribution >= 0.6 is 0 Å². The number of aliphatic hydroxyl groups excluding tert-OH is 1. The number of ether oxygens (including phenoxy) is 1. The molecule has 2 aliphatic heterocycles. The smallest absolute Gasteiger partial charge is 0.165 e. The molecule has 2 aromatic rings. The summed E-state index contributed by atoms with van der Waals surface area (Å²) in [5.41, 5.74) is 3.25. The lowest BCUT2D eigenvalue weighted by molar-refractivity contribution is -0.0516. The number of hydrogen-bond acceptors (Lipinski definition) is 5. The molecule has 2 aliphatic carbocycles. The summed E-state index contributed by atoms with van der Waals surface area (Å²) < 4.78 is 6.24. The third-order valence-corrected chi connectivity index (χ3v) is 8.04. The SMILES string of the molecule is CC(=NCCCN1CC[C@]23c4c5ccc(O)c4O[C@H]2[C@@H](O)C=CC3[C@H]1C5)Nc1ccccc1. The number of likely N-dealkylation sites (tertiary alicyclic amines) is 1. The van der Waals surface area contributed by atoms with E-state index in [2.05, 4.69) is 22.4 Å². The second-order valence-corrected chi connectivity index (χ2v) is 9.80. The van der Waals surface area contributed by atoms with Gasteiger partial charge in [0.25, 0.3) is 0 Å². The molecular weight excluding hydrogens is 414 g/mol. The Balaban J connectivity index is 1.18. The molecule has 172 valence electrons. The number of phenols is 1. The summed E-state index contributed by atoms with van der Waals surface area (Å²) in [5, 5.41) is 24.6. The molecule has 5 atom stereocenters. The molecule has 1 fully saturated rings. The maximum Gasteiger partial charge on any atom is 0.165 e. The van der Waals surface area contributed by atoms with Crippen LogP contribution < -0.4 is 10.1 Å². The first-order valence-corrected chi connectivity index (χ1v) is 12.0. The van der Waals surface area contributed by atoms with Gasteiger partial charge in [0, 0.05) is 41.7 Å². The molecule has 6 rings (SSSR count). The van der Waals surface area contributed by atoms with Crippen LogP contribution in [0.15, 0.2) is 59.6 Å². The highest BCUT2D eigenvalue weighted by molar-refractivity contribution is 5.93. The highest BCUT2D eigenvalue weighted by Crippen LogP contribution is 2.62. The van der Waals surface area contributed by atoms with Crippen molar-refractivity contribution < 1.29 is 14.9 Å². The molecule has 0 aromatic heterocycles. The Kier molecular flexibility index (Phi) is 4.96. The molecule has 6 nitrogen and oxygen atoms in total. The lowest BCUT2D eigenvalue weighted by atomic mass is 9.53. The number of anilines is 1. The number of piperidine rings is 1. The molecule has 0 saturated carbocycles. The van der Waals surface area contributed by atoms with Crippen molar-refractivity contribution in [2.45, 2.75) is 49.9 Å². The van der Waals surface area contributed by atoms with E-state index in [0.29, 0.717) is 17.7 Å². The number of rotatable bonds is 5. The van der Waals surface area contributed by atoms with E-state index in [1.165, 1.54) is 5.56 Å². The van der Waals surface area contributed by atoms with Crippen LogP contribution in [-0.4, -0.2) is 58.8 Å². The number of nitrogens with zero attached hydrogens (tertiary/aromatic N) is 2. The van der Waals surface area contributed by atoms with Crippen molar-refractivity contribution in [1.29, 1.82) is 0 Å². The predicted octanol–water partition coefficient (Wildman–Crippen LogP) is 3.49. The molecule has 33 heavy (non-hydrogen) atoms. The second-order valence-electron chi connectivity index (χ2n) is 9.80. The van der Waals surface area contributed by atoms with E-state index in [1.807, 2.05) is 43.3 Å². The summed E-state index contributed by atoms with van der Waals surface area (Å²) >= 11 is 0. The van der Waals surface area contributed by atoms with Crippen molar-refractivity contribution in [3.8, 4) is 11.5 Å².